The van der Waals surface area contributed by atoms with Crippen molar-refractivity contribution in [3.05, 3.63) is 76.1 Å². The lowest BCUT2D eigenvalue weighted by atomic mass is 10.0. The van der Waals surface area contributed by atoms with Gasteiger partial charge in [-0.1, -0.05) is 17.7 Å². The number of amides is 2. The zero-order valence-electron chi connectivity index (χ0n) is 23.0. The molecule has 1 saturated carbocycles. The molecule has 10 nitrogen and oxygen atoms in total. The smallest absolute Gasteiger partial charge is 0.282 e. The highest BCUT2D eigenvalue weighted by atomic mass is 35.5. The molecule has 2 aliphatic rings. The summed E-state index contributed by atoms with van der Waals surface area (Å²) in [5.74, 6) is -1.42. The van der Waals surface area contributed by atoms with Gasteiger partial charge in [0.05, 0.1) is 52.4 Å². The van der Waals surface area contributed by atoms with Crippen molar-refractivity contribution in [2.24, 2.45) is 11.8 Å². The number of aryl methyl sites for hydroxylation is 1. The van der Waals surface area contributed by atoms with E-state index in [9.17, 15) is 31.5 Å². The number of fused-ring (bicyclic) bond motifs is 1. The van der Waals surface area contributed by atoms with Crippen LogP contribution in [0.15, 0.2) is 36.9 Å². The van der Waals surface area contributed by atoms with E-state index in [4.69, 9.17) is 11.6 Å². The van der Waals surface area contributed by atoms with Crippen LogP contribution in [0.2, 0.25) is 5.02 Å². The Morgan fingerprint density at radius 2 is 1.86 bits per heavy atom. The van der Waals surface area contributed by atoms with Crippen molar-refractivity contribution in [1.82, 2.24) is 29.7 Å². The number of nitrogens with one attached hydrogen (secondary N) is 1. The lowest BCUT2D eigenvalue weighted by Gasteiger charge is -2.20. The van der Waals surface area contributed by atoms with E-state index in [2.05, 4.69) is 30.4 Å². The highest BCUT2D eigenvalue weighted by Gasteiger charge is 2.53. The lowest BCUT2D eigenvalue weighted by Crippen LogP contribution is -2.30. The molecule has 1 aliphatic carbocycles. The summed E-state index contributed by atoms with van der Waals surface area (Å²) in [7, 11) is 0. The SMILES string of the molecule is Cc1nc(C(C)n2cc(NC(=O)c3nc(-c4c(C(F)F)ccc(Cl)c4F)cnc3C(F)F)cn2)cnc1N1C[C@H]2C[C@H]2C1=O. The standard InChI is InChI=1S/C28H22ClF5N8O2/c1-11-26(41-9-13-5-16(13)28(41)44)36-7-18(38-11)12(2)42-10-14(6-37-42)39-27(43)23-22(25(33)34)35-8-19(40-23)20-15(24(31)32)3-4-17(29)21(20)30/h3-4,6-8,10,12-13,16,24-25H,5,9H2,1-2H3,(H,39,43)/t12?,13-,16-/m1/s1. The molecule has 4 heterocycles. The van der Waals surface area contributed by atoms with Crippen molar-refractivity contribution in [3.63, 3.8) is 0 Å². The number of anilines is 2. The van der Waals surface area contributed by atoms with Crippen LogP contribution < -0.4 is 10.2 Å². The molecule has 1 N–H and O–H groups in total. The van der Waals surface area contributed by atoms with Gasteiger partial charge in [0.15, 0.2) is 17.3 Å². The van der Waals surface area contributed by atoms with E-state index in [0.717, 1.165) is 18.6 Å². The average Bonchev–Trinajstić information content (AvgIpc) is 3.49. The van der Waals surface area contributed by atoms with Gasteiger partial charge in [-0.25, -0.2) is 31.9 Å². The van der Waals surface area contributed by atoms with Crippen LogP contribution in [0.5, 0.6) is 0 Å². The summed E-state index contributed by atoms with van der Waals surface area (Å²) in [5, 5.41) is 6.09. The fraction of sp³-hybridized carbons (Fsp3) is 0.321. The second-order valence-electron chi connectivity index (χ2n) is 10.5. The summed E-state index contributed by atoms with van der Waals surface area (Å²) in [5.41, 5.74) is -2.91. The molecule has 1 saturated heterocycles. The maximum absolute atomic E-state index is 14.8. The predicted molar refractivity (Wildman–Crippen MR) is 147 cm³/mol. The molecule has 16 heteroatoms. The Bertz CT molecular complexity index is 1800. The minimum atomic E-state index is -3.26. The number of hydrogen-bond donors (Lipinski definition) is 1. The number of halogens is 6. The van der Waals surface area contributed by atoms with E-state index in [1.165, 1.54) is 23.3 Å². The van der Waals surface area contributed by atoms with Crippen molar-refractivity contribution < 1.29 is 31.5 Å². The maximum atomic E-state index is 14.8. The first-order valence-electron chi connectivity index (χ1n) is 13.4. The van der Waals surface area contributed by atoms with E-state index in [1.807, 2.05) is 0 Å². The molecule has 2 fully saturated rings. The van der Waals surface area contributed by atoms with Crippen molar-refractivity contribution in [2.75, 3.05) is 16.8 Å². The topological polar surface area (TPSA) is 119 Å². The van der Waals surface area contributed by atoms with E-state index >= 15 is 0 Å². The van der Waals surface area contributed by atoms with Gasteiger partial charge in [0.1, 0.15) is 5.69 Å². The number of carbonyl (C=O) groups is 2. The summed E-state index contributed by atoms with van der Waals surface area (Å²) in [6, 6.07) is 1.31. The number of carbonyl (C=O) groups excluding carboxylic acids is 2. The Morgan fingerprint density at radius 1 is 1.09 bits per heavy atom. The average molecular weight is 633 g/mol. The monoisotopic (exact) mass is 632 g/mol. The molecule has 1 aromatic carbocycles. The summed E-state index contributed by atoms with van der Waals surface area (Å²) >= 11 is 5.76. The molecule has 4 aromatic rings. The highest BCUT2D eigenvalue weighted by molar-refractivity contribution is 6.31. The van der Waals surface area contributed by atoms with Crippen LogP contribution >= 0.6 is 11.6 Å². The lowest BCUT2D eigenvalue weighted by molar-refractivity contribution is -0.118. The molecule has 228 valence electrons. The fourth-order valence-electron chi connectivity index (χ4n) is 5.22. The molecule has 0 spiro atoms. The molecule has 0 radical (unpaired) electrons. The van der Waals surface area contributed by atoms with Crippen molar-refractivity contribution in [2.45, 2.75) is 39.2 Å². The molecule has 1 aliphatic heterocycles. The Hall–Kier alpha value is -4.53. The van der Waals surface area contributed by atoms with Crippen LogP contribution in [0.4, 0.5) is 33.5 Å². The second kappa shape index (κ2) is 11.2. The van der Waals surface area contributed by atoms with Crippen LogP contribution in [0.1, 0.15) is 65.4 Å². The Labute approximate surface area is 251 Å². The molecular formula is C28H22ClF5N8O2. The van der Waals surface area contributed by atoms with Crippen LogP contribution in [0.3, 0.4) is 0 Å². The molecule has 0 bridgehead atoms. The third-order valence-electron chi connectivity index (χ3n) is 7.64. The zero-order valence-corrected chi connectivity index (χ0v) is 23.7. The number of hydrogen-bond acceptors (Lipinski definition) is 7. The quantitative estimate of drug-likeness (QED) is 0.239. The molecule has 3 aromatic heterocycles. The molecular weight excluding hydrogens is 611 g/mol. The predicted octanol–water partition coefficient (Wildman–Crippen LogP) is 5.95. The van der Waals surface area contributed by atoms with Gasteiger partial charge in [-0.3, -0.25) is 29.1 Å². The summed E-state index contributed by atoms with van der Waals surface area (Å²) in [4.78, 5) is 43.6. The zero-order chi connectivity index (χ0) is 31.4. The van der Waals surface area contributed by atoms with E-state index in [1.54, 1.807) is 18.7 Å². The summed E-state index contributed by atoms with van der Waals surface area (Å²) in [6.45, 7) is 4.14. The van der Waals surface area contributed by atoms with Gasteiger partial charge >= 0.3 is 0 Å². The van der Waals surface area contributed by atoms with Crippen LogP contribution in [-0.2, 0) is 4.79 Å². The number of rotatable bonds is 8. The minimum Gasteiger partial charge on any atom is -0.318 e. The largest absolute Gasteiger partial charge is 0.318 e. The molecule has 44 heavy (non-hydrogen) atoms. The molecule has 3 atom stereocenters. The summed E-state index contributed by atoms with van der Waals surface area (Å²) < 4.78 is 71.0. The molecule has 2 amide bonds. The number of piperidine rings is 1. The molecule has 1 unspecified atom stereocenters. The number of aromatic nitrogens is 6. The first-order chi connectivity index (χ1) is 20.9. The van der Waals surface area contributed by atoms with Gasteiger partial charge in [0, 0.05) is 29.8 Å². The third kappa shape index (κ3) is 5.25. The van der Waals surface area contributed by atoms with Crippen molar-refractivity contribution in [1.29, 1.82) is 0 Å². The van der Waals surface area contributed by atoms with Gasteiger partial charge in [-0.15, -0.1) is 0 Å². The van der Waals surface area contributed by atoms with Gasteiger partial charge in [0.2, 0.25) is 5.91 Å². The van der Waals surface area contributed by atoms with Gasteiger partial charge in [0.25, 0.3) is 18.8 Å². The van der Waals surface area contributed by atoms with E-state index in [-0.39, 0.29) is 17.5 Å². The van der Waals surface area contributed by atoms with Crippen LogP contribution in [0.25, 0.3) is 11.3 Å². The Balaban J connectivity index is 1.24. The highest BCUT2D eigenvalue weighted by Crippen LogP contribution is 2.47. The fourth-order valence-corrected chi connectivity index (χ4v) is 5.38. The number of nitrogens with zero attached hydrogens (tertiary/aromatic N) is 7. The molecule has 6 rings (SSSR count). The number of benzene rings is 1. The van der Waals surface area contributed by atoms with Crippen molar-refractivity contribution in [3.8, 4) is 11.3 Å². The van der Waals surface area contributed by atoms with Gasteiger partial charge in [-0.2, -0.15) is 5.10 Å². The first kappa shape index (κ1) is 29.5. The van der Waals surface area contributed by atoms with Crippen LogP contribution in [0, 0.1) is 24.6 Å². The first-order valence-corrected chi connectivity index (χ1v) is 13.7. The summed E-state index contributed by atoms with van der Waals surface area (Å²) in [6.07, 6.45) is -0.630. The van der Waals surface area contributed by atoms with E-state index in [0.29, 0.717) is 35.9 Å². The van der Waals surface area contributed by atoms with Crippen molar-refractivity contribution >= 4 is 34.9 Å². The van der Waals surface area contributed by atoms with Crippen LogP contribution in [-0.4, -0.2) is 48.1 Å². The van der Waals surface area contributed by atoms with Gasteiger partial charge in [-0.05, 0) is 32.3 Å². The minimum absolute atomic E-state index is 0.0537. The third-order valence-corrected chi connectivity index (χ3v) is 7.94. The Morgan fingerprint density at radius 3 is 2.52 bits per heavy atom. The second-order valence-corrected chi connectivity index (χ2v) is 10.9. The normalized spacial score (nSPS) is 18.2. The Kier molecular flexibility index (Phi) is 7.51. The van der Waals surface area contributed by atoms with E-state index < -0.39 is 63.8 Å². The maximum Gasteiger partial charge on any atom is 0.282 e. The number of alkyl halides is 4. The van der Waals surface area contributed by atoms with Gasteiger partial charge < -0.3 is 5.32 Å².